The zero-order valence-corrected chi connectivity index (χ0v) is 13.4. The minimum absolute atomic E-state index is 0.0628. The van der Waals surface area contributed by atoms with Gasteiger partial charge in [0.15, 0.2) is 11.6 Å². The minimum Gasteiger partial charge on any atom is -0.305 e. The molecule has 0 amide bonds. The van der Waals surface area contributed by atoms with E-state index in [1.807, 2.05) is 37.2 Å². The zero-order chi connectivity index (χ0) is 16.8. The van der Waals surface area contributed by atoms with E-state index in [1.165, 1.54) is 18.2 Å². The molecule has 0 saturated heterocycles. The molecule has 0 bridgehead atoms. The summed E-state index contributed by atoms with van der Waals surface area (Å²) in [5.74, 6) is -0.728. The molecule has 0 aliphatic carbocycles. The lowest BCUT2D eigenvalue weighted by atomic mass is 9.98. The molecule has 0 radical (unpaired) electrons. The molecular formula is C19H20FNO2. The fraction of sp³-hybridized carbons (Fsp3) is 0.263. The summed E-state index contributed by atoms with van der Waals surface area (Å²) < 4.78 is 13.1. The highest BCUT2D eigenvalue weighted by Crippen LogP contribution is 2.15. The number of halogens is 1. The van der Waals surface area contributed by atoms with Gasteiger partial charge < -0.3 is 4.90 Å². The molecule has 0 saturated carbocycles. The summed E-state index contributed by atoms with van der Waals surface area (Å²) in [5, 5.41) is 0. The first-order chi connectivity index (χ1) is 11.0. The van der Waals surface area contributed by atoms with Crippen LogP contribution in [0.5, 0.6) is 0 Å². The topological polar surface area (TPSA) is 37.4 Å². The molecule has 3 nitrogen and oxygen atoms in total. The van der Waals surface area contributed by atoms with Crippen molar-refractivity contribution in [3.05, 3.63) is 71.0 Å². The highest BCUT2D eigenvalue weighted by Gasteiger charge is 2.14. The van der Waals surface area contributed by atoms with E-state index in [-0.39, 0.29) is 24.4 Å². The number of Topliss-reactive ketones (excluding diaryl/α,β-unsaturated/α-hetero) is 2. The fourth-order valence-electron chi connectivity index (χ4n) is 2.44. The molecule has 23 heavy (non-hydrogen) atoms. The van der Waals surface area contributed by atoms with Crippen LogP contribution in [-0.2, 0) is 6.54 Å². The third-order valence-corrected chi connectivity index (χ3v) is 3.53. The van der Waals surface area contributed by atoms with Gasteiger partial charge in [-0.25, -0.2) is 4.39 Å². The Hall–Kier alpha value is -2.33. The maximum atomic E-state index is 13.1. The smallest absolute Gasteiger partial charge is 0.163 e. The van der Waals surface area contributed by atoms with Crippen molar-refractivity contribution >= 4 is 11.6 Å². The van der Waals surface area contributed by atoms with Gasteiger partial charge in [-0.05, 0) is 31.8 Å². The molecule has 120 valence electrons. The average molecular weight is 313 g/mol. The predicted molar refractivity (Wildman–Crippen MR) is 88.1 cm³/mol. The number of carbonyl (C=O) groups excluding carboxylic acids is 2. The van der Waals surface area contributed by atoms with Gasteiger partial charge in [-0.3, -0.25) is 9.59 Å². The maximum absolute atomic E-state index is 13.1. The molecule has 0 unspecified atom stereocenters. The molecule has 2 rings (SSSR count). The van der Waals surface area contributed by atoms with E-state index in [1.54, 1.807) is 12.1 Å². The van der Waals surface area contributed by atoms with Crippen LogP contribution in [0.1, 0.15) is 39.1 Å². The zero-order valence-electron chi connectivity index (χ0n) is 13.4. The van der Waals surface area contributed by atoms with Crippen LogP contribution < -0.4 is 0 Å². The van der Waals surface area contributed by atoms with Crippen molar-refractivity contribution in [2.45, 2.75) is 19.4 Å². The summed E-state index contributed by atoms with van der Waals surface area (Å²) in [5.41, 5.74) is 1.90. The van der Waals surface area contributed by atoms with Gasteiger partial charge in [-0.15, -0.1) is 0 Å². The molecule has 2 aromatic rings. The quantitative estimate of drug-likeness (QED) is 0.731. The van der Waals surface area contributed by atoms with Crippen molar-refractivity contribution in [3.63, 3.8) is 0 Å². The van der Waals surface area contributed by atoms with Crippen LogP contribution >= 0.6 is 0 Å². The molecule has 2 aromatic carbocycles. The molecule has 0 atom stereocenters. The molecule has 0 spiro atoms. The van der Waals surface area contributed by atoms with Gasteiger partial charge in [0.1, 0.15) is 5.82 Å². The second-order valence-electron chi connectivity index (χ2n) is 5.75. The van der Waals surface area contributed by atoms with Crippen molar-refractivity contribution in [3.8, 4) is 0 Å². The van der Waals surface area contributed by atoms with E-state index in [0.29, 0.717) is 17.7 Å². The molecule has 0 aromatic heterocycles. The first kappa shape index (κ1) is 17.0. The van der Waals surface area contributed by atoms with Gasteiger partial charge >= 0.3 is 0 Å². The monoisotopic (exact) mass is 313 g/mol. The van der Waals surface area contributed by atoms with Gasteiger partial charge in [0.25, 0.3) is 0 Å². The highest BCUT2D eigenvalue weighted by atomic mass is 19.1. The Bertz CT molecular complexity index is 710. The minimum atomic E-state index is -0.446. The third-order valence-electron chi connectivity index (χ3n) is 3.53. The van der Waals surface area contributed by atoms with E-state index in [0.717, 1.165) is 5.56 Å². The lowest BCUT2D eigenvalue weighted by Crippen LogP contribution is -2.14. The van der Waals surface area contributed by atoms with Gasteiger partial charge in [-0.2, -0.15) is 0 Å². The Morgan fingerprint density at radius 2 is 1.65 bits per heavy atom. The summed E-state index contributed by atoms with van der Waals surface area (Å²) in [7, 11) is 3.88. The van der Waals surface area contributed by atoms with E-state index in [2.05, 4.69) is 0 Å². The Morgan fingerprint density at radius 1 is 0.957 bits per heavy atom. The predicted octanol–water partition coefficient (Wildman–Crippen LogP) is 3.73. The van der Waals surface area contributed by atoms with E-state index in [9.17, 15) is 14.0 Å². The molecule has 0 aliphatic rings. The van der Waals surface area contributed by atoms with Crippen LogP contribution in [0, 0.1) is 5.82 Å². The van der Waals surface area contributed by atoms with Crippen molar-refractivity contribution in [2.75, 3.05) is 14.1 Å². The number of hydrogen-bond acceptors (Lipinski definition) is 3. The van der Waals surface area contributed by atoms with Crippen molar-refractivity contribution < 1.29 is 14.0 Å². The van der Waals surface area contributed by atoms with Gasteiger partial charge in [-0.1, -0.05) is 36.4 Å². The van der Waals surface area contributed by atoms with Gasteiger partial charge in [0.05, 0.1) is 0 Å². The second-order valence-corrected chi connectivity index (χ2v) is 5.75. The normalized spacial score (nSPS) is 10.8. The number of ketones is 2. The van der Waals surface area contributed by atoms with Crippen molar-refractivity contribution in [2.24, 2.45) is 0 Å². The van der Waals surface area contributed by atoms with Crippen LogP contribution in [0.4, 0.5) is 4.39 Å². The lowest BCUT2D eigenvalue weighted by molar-refractivity contribution is 0.0916. The first-order valence-electron chi connectivity index (χ1n) is 7.52. The molecule has 0 fully saturated rings. The Labute approximate surface area is 135 Å². The van der Waals surface area contributed by atoms with Gasteiger partial charge in [0.2, 0.25) is 0 Å². The lowest BCUT2D eigenvalue weighted by Gasteiger charge is -2.13. The molecule has 4 heteroatoms. The summed E-state index contributed by atoms with van der Waals surface area (Å²) in [6.45, 7) is 0.666. The Morgan fingerprint density at radius 3 is 2.35 bits per heavy atom. The highest BCUT2D eigenvalue weighted by molar-refractivity contribution is 6.02. The number of nitrogens with zero attached hydrogens (tertiary/aromatic N) is 1. The summed E-state index contributed by atoms with van der Waals surface area (Å²) >= 11 is 0. The molecular weight excluding hydrogens is 293 g/mol. The standard InChI is InChI=1S/C19H20FNO2/c1-21(2)13-15-6-3-4-9-17(15)19(23)11-10-18(22)14-7-5-8-16(20)12-14/h3-9,12H,10-11,13H2,1-2H3. The van der Waals surface area contributed by atoms with Crippen molar-refractivity contribution in [1.82, 2.24) is 4.90 Å². The van der Waals surface area contributed by atoms with Gasteiger partial charge in [0, 0.05) is 30.5 Å². The first-order valence-corrected chi connectivity index (χ1v) is 7.52. The second kappa shape index (κ2) is 7.79. The summed E-state index contributed by atoms with van der Waals surface area (Å²) in [4.78, 5) is 26.5. The van der Waals surface area contributed by atoms with Crippen LogP contribution in [0.15, 0.2) is 48.5 Å². The number of rotatable bonds is 7. The Balaban J connectivity index is 2.04. The Kier molecular flexibility index (Phi) is 5.77. The van der Waals surface area contributed by atoms with Crippen molar-refractivity contribution in [1.29, 1.82) is 0 Å². The van der Waals surface area contributed by atoms with Crippen LogP contribution in [0.25, 0.3) is 0 Å². The van der Waals surface area contributed by atoms with E-state index in [4.69, 9.17) is 0 Å². The average Bonchev–Trinajstić information content (AvgIpc) is 2.52. The summed E-state index contributed by atoms with van der Waals surface area (Å²) in [6.07, 6.45) is 0.207. The fourth-order valence-corrected chi connectivity index (χ4v) is 2.44. The number of hydrogen-bond donors (Lipinski definition) is 0. The van der Waals surface area contributed by atoms with Crippen LogP contribution in [0.3, 0.4) is 0 Å². The van der Waals surface area contributed by atoms with Crippen LogP contribution in [0.2, 0.25) is 0 Å². The third kappa shape index (κ3) is 4.83. The molecule has 0 aliphatic heterocycles. The number of benzene rings is 2. The van der Waals surface area contributed by atoms with E-state index < -0.39 is 5.82 Å². The molecule has 0 N–H and O–H groups in total. The molecule has 0 heterocycles. The summed E-state index contributed by atoms with van der Waals surface area (Å²) in [6, 6.07) is 13.0. The largest absolute Gasteiger partial charge is 0.305 e. The van der Waals surface area contributed by atoms with E-state index >= 15 is 0 Å². The SMILES string of the molecule is CN(C)Cc1ccccc1C(=O)CCC(=O)c1cccc(F)c1. The van der Waals surface area contributed by atoms with Crippen LogP contribution in [-0.4, -0.2) is 30.6 Å². The maximum Gasteiger partial charge on any atom is 0.163 e. The number of carbonyl (C=O) groups is 2.